The first-order chi connectivity index (χ1) is 18.3. The van der Waals surface area contributed by atoms with E-state index in [0.717, 1.165) is 5.69 Å². The van der Waals surface area contributed by atoms with E-state index in [1.54, 1.807) is 65.3 Å². The van der Waals surface area contributed by atoms with Crippen molar-refractivity contribution in [3.63, 3.8) is 0 Å². The molecule has 0 fully saturated rings. The molecule has 4 aromatic rings. The van der Waals surface area contributed by atoms with Gasteiger partial charge in [-0.15, -0.1) is 0 Å². The minimum absolute atomic E-state index is 0.0772. The third-order valence-corrected chi connectivity index (χ3v) is 6.21. The Labute approximate surface area is 218 Å². The molecule has 0 bridgehead atoms. The Morgan fingerprint density at radius 1 is 1.08 bits per heavy atom. The molecule has 0 saturated heterocycles. The van der Waals surface area contributed by atoms with Gasteiger partial charge in [-0.05, 0) is 67.9 Å². The smallest absolute Gasteiger partial charge is 0.273 e. The zero-order valence-electron chi connectivity index (χ0n) is 20.8. The molecule has 0 radical (unpaired) electrons. The molecular formula is C29H25N5O4. The van der Waals surface area contributed by atoms with Crippen molar-refractivity contribution in [3.8, 4) is 5.75 Å². The van der Waals surface area contributed by atoms with Crippen molar-refractivity contribution in [2.24, 2.45) is 4.99 Å². The zero-order chi connectivity index (χ0) is 26.8. The van der Waals surface area contributed by atoms with Gasteiger partial charge in [0.2, 0.25) is 5.91 Å². The molecule has 1 aliphatic heterocycles. The van der Waals surface area contributed by atoms with Crippen LogP contribution in [0.15, 0.2) is 77.8 Å². The van der Waals surface area contributed by atoms with Gasteiger partial charge in [0.05, 0.1) is 11.4 Å². The van der Waals surface area contributed by atoms with Crippen LogP contribution in [0.2, 0.25) is 0 Å². The van der Waals surface area contributed by atoms with Crippen molar-refractivity contribution < 1.29 is 19.5 Å². The number of benzene rings is 3. The number of nitrogens with zero attached hydrogens (tertiary/aromatic N) is 3. The standard InChI is InChI=1S/C29H25N5O4/c1-3-34-26(12-17(2)33-34)29(38)31-21-8-4-6-18(13-21)27(36)19-10-11-25-23(14-19)24(28(37)32-25)16-30-20-7-5-9-22(35)15-20/h4-16,24,35H,3H2,1-2H3,(H,31,38)(H,32,37). The Bertz CT molecular complexity index is 1600. The van der Waals surface area contributed by atoms with Crippen molar-refractivity contribution in [2.75, 3.05) is 10.6 Å². The van der Waals surface area contributed by atoms with Crippen molar-refractivity contribution in [1.82, 2.24) is 9.78 Å². The molecule has 9 heteroatoms. The fraction of sp³-hybridized carbons (Fsp3) is 0.138. The van der Waals surface area contributed by atoms with Gasteiger partial charge in [-0.25, -0.2) is 0 Å². The van der Waals surface area contributed by atoms with Crippen LogP contribution in [-0.2, 0) is 11.3 Å². The lowest BCUT2D eigenvalue weighted by molar-refractivity contribution is -0.115. The minimum Gasteiger partial charge on any atom is -0.508 e. The van der Waals surface area contributed by atoms with E-state index < -0.39 is 5.92 Å². The van der Waals surface area contributed by atoms with Gasteiger partial charge in [0, 0.05) is 41.3 Å². The summed E-state index contributed by atoms with van der Waals surface area (Å²) in [7, 11) is 0. The lowest BCUT2D eigenvalue weighted by atomic mass is 9.96. The number of ketones is 1. The molecule has 1 aromatic heterocycles. The third-order valence-electron chi connectivity index (χ3n) is 6.21. The van der Waals surface area contributed by atoms with Crippen molar-refractivity contribution in [1.29, 1.82) is 0 Å². The number of rotatable bonds is 7. The van der Waals surface area contributed by atoms with Gasteiger partial charge in [0.15, 0.2) is 5.78 Å². The van der Waals surface area contributed by atoms with E-state index in [2.05, 4.69) is 20.7 Å². The van der Waals surface area contributed by atoms with Crippen LogP contribution in [0.1, 0.15) is 50.5 Å². The van der Waals surface area contributed by atoms with Crippen LogP contribution in [0, 0.1) is 6.92 Å². The number of aryl methyl sites for hydroxylation is 2. The number of fused-ring (bicyclic) bond motifs is 1. The summed E-state index contributed by atoms with van der Waals surface area (Å²) in [6.45, 7) is 4.29. The van der Waals surface area contributed by atoms with Gasteiger partial charge < -0.3 is 15.7 Å². The SMILES string of the molecule is CCn1nc(C)cc1C(=O)Nc1cccc(C(=O)c2ccc3c(c2)C(C=Nc2cccc(O)c2)C(=O)N3)c1. The summed E-state index contributed by atoms with van der Waals surface area (Å²) in [5, 5.41) is 19.6. The fourth-order valence-electron chi connectivity index (χ4n) is 4.38. The van der Waals surface area contributed by atoms with Crippen LogP contribution >= 0.6 is 0 Å². The van der Waals surface area contributed by atoms with Crippen LogP contribution in [0.25, 0.3) is 0 Å². The van der Waals surface area contributed by atoms with Gasteiger partial charge in [-0.1, -0.05) is 18.2 Å². The van der Waals surface area contributed by atoms with Gasteiger partial charge in [0.25, 0.3) is 5.91 Å². The zero-order valence-corrected chi connectivity index (χ0v) is 20.8. The van der Waals surface area contributed by atoms with Gasteiger partial charge in [0.1, 0.15) is 17.4 Å². The van der Waals surface area contributed by atoms with Crippen LogP contribution in [0.3, 0.4) is 0 Å². The lowest BCUT2D eigenvalue weighted by Crippen LogP contribution is -2.17. The number of aromatic nitrogens is 2. The summed E-state index contributed by atoms with van der Waals surface area (Å²) in [4.78, 5) is 43.1. The molecule has 5 rings (SSSR count). The summed E-state index contributed by atoms with van der Waals surface area (Å²) in [6.07, 6.45) is 1.50. The Balaban J connectivity index is 1.37. The van der Waals surface area contributed by atoms with Crippen LogP contribution in [0.5, 0.6) is 5.75 Å². The Kier molecular flexibility index (Phi) is 6.57. The Morgan fingerprint density at radius 3 is 2.66 bits per heavy atom. The molecule has 0 saturated carbocycles. The topological polar surface area (TPSA) is 126 Å². The van der Waals surface area contributed by atoms with Gasteiger partial charge in [-0.2, -0.15) is 5.10 Å². The Hall–Kier alpha value is -5.05. The highest BCUT2D eigenvalue weighted by molar-refractivity contribution is 6.15. The molecule has 1 aliphatic rings. The number of amides is 2. The van der Waals surface area contributed by atoms with E-state index in [-0.39, 0.29) is 23.3 Å². The third kappa shape index (κ3) is 4.94. The second-order valence-electron chi connectivity index (χ2n) is 8.92. The number of nitrogens with one attached hydrogen (secondary N) is 2. The van der Waals surface area contributed by atoms with E-state index in [1.165, 1.54) is 18.3 Å². The summed E-state index contributed by atoms with van der Waals surface area (Å²) >= 11 is 0. The van der Waals surface area contributed by atoms with Crippen LogP contribution in [-0.4, -0.2) is 38.7 Å². The summed E-state index contributed by atoms with van der Waals surface area (Å²) < 4.78 is 1.62. The first kappa shape index (κ1) is 24.6. The number of hydrogen-bond donors (Lipinski definition) is 3. The molecule has 0 spiro atoms. The Morgan fingerprint density at radius 2 is 1.87 bits per heavy atom. The molecule has 2 heterocycles. The van der Waals surface area contributed by atoms with Crippen molar-refractivity contribution in [2.45, 2.75) is 26.3 Å². The number of aliphatic imine (C=N–C) groups is 1. The summed E-state index contributed by atoms with van der Waals surface area (Å²) in [5.41, 5.74) is 4.22. The molecule has 3 aromatic carbocycles. The van der Waals surface area contributed by atoms with Gasteiger partial charge >= 0.3 is 0 Å². The molecule has 9 nitrogen and oxygen atoms in total. The summed E-state index contributed by atoms with van der Waals surface area (Å²) in [5.74, 6) is -1.42. The molecular weight excluding hydrogens is 482 g/mol. The highest BCUT2D eigenvalue weighted by Crippen LogP contribution is 2.33. The second-order valence-corrected chi connectivity index (χ2v) is 8.92. The van der Waals surface area contributed by atoms with E-state index >= 15 is 0 Å². The molecule has 1 atom stereocenters. The summed E-state index contributed by atoms with van der Waals surface area (Å²) in [6, 6.07) is 19.9. The minimum atomic E-state index is -0.683. The molecule has 190 valence electrons. The first-order valence-corrected chi connectivity index (χ1v) is 12.1. The number of phenols is 1. The number of carbonyl (C=O) groups is 3. The lowest BCUT2D eigenvalue weighted by Gasteiger charge is -2.09. The maximum absolute atomic E-state index is 13.4. The number of phenolic OH excluding ortho intramolecular Hbond substituents is 1. The quantitative estimate of drug-likeness (QED) is 0.244. The number of carbonyl (C=O) groups excluding carboxylic acids is 3. The predicted octanol–water partition coefficient (Wildman–Crippen LogP) is 4.84. The normalized spacial score (nSPS) is 14.4. The number of hydrogen-bond acceptors (Lipinski definition) is 6. The second kappa shape index (κ2) is 10.1. The monoisotopic (exact) mass is 507 g/mol. The van der Waals surface area contributed by atoms with E-state index in [0.29, 0.717) is 46.0 Å². The van der Waals surface area contributed by atoms with Crippen molar-refractivity contribution in [3.05, 3.63) is 101 Å². The maximum atomic E-state index is 13.4. The van der Waals surface area contributed by atoms with E-state index in [4.69, 9.17) is 0 Å². The van der Waals surface area contributed by atoms with E-state index in [1.807, 2.05) is 13.8 Å². The molecule has 2 amide bonds. The average molecular weight is 508 g/mol. The predicted molar refractivity (Wildman–Crippen MR) is 145 cm³/mol. The van der Waals surface area contributed by atoms with Crippen LogP contribution < -0.4 is 10.6 Å². The average Bonchev–Trinajstić information content (AvgIpc) is 3.45. The fourth-order valence-corrected chi connectivity index (χ4v) is 4.38. The molecule has 3 N–H and O–H groups in total. The highest BCUT2D eigenvalue weighted by Gasteiger charge is 2.30. The largest absolute Gasteiger partial charge is 0.508 e. The maximum Gasteiger partial charge on any atom is 0.273 e. The number of aromatic hydroxyl groups is 1. The highest BCUT2D eigenvalue weighted by atomic mass is 16.3. The molecule has 1 unspecified atom stereocenters. The van der Waals surface area contributed by atoms with E-state index in [9.17, 15) is 19.5 Å². The van der Waals surface area contributed by atoms with Crippen LogP contribution in [0.4, 0.5) is 17.1 Å². The first-order valence-electron chi connectivity index (χ1n) is 12.1. The van der Waals surface area contributed by atoms with Crippen molar-refractivity contribution >= 4 is 40.9 Å². The molecule has 0 aliphatic carbocycles. The number of anilines is 2. The molecule has 38 heavy (non-hydrogen) atoms. The van der Waals surface area contributed by atoms with Gasteiger partial charge in [-0.3, -0.25) is 24.1 Å².